The monoisotopic (exact) mass is 286 g/mol. The van der Waals surface area contributed by atoms with E-state index in [4.69, 9.17) is 11.6 Å². The molecular formula is C13H13ClF2N2O. The van der Waals surface area contributed by atoms with Crippen LogP contribution in [0.2, 0.25) is 5.02 Å². The largest absolute Gasteiger partial charge is 0.382 e. The molecule has 0 aliphatic heterocycles. The SMILES string of the molecule is CC(C)n1ncc(Cl)c1C(O)c1c(F)cccc1F. The van der Waals surface area contributed by atoms with Gasteiger partial charge in [-0.2, -0.15) is 5.10 Å². The first kappa shape index (κ1) is 14.0. The topological polar surface area (TPSA) is 38.0 Å². The first-order valence-corrected chi connectivity index (χ1v) is 6.16. The van der Waals surface area contributed by atoms with Gasteiger partial charge in [0, 0.05) is 6.04 Å². The Morgan fingerprint density at radius 1 is 1.26 bits per heavy atom. The molecule has 2 rings (SSSR count). The zero-order chi connectivity index (χ0) is 14.2. The third-order valence-electron chi connectivity index (χ3n) is 2.81. The molecular weight excluding hydrogens is 274 g/mol. The highest BCUT2D eigenvalue weighted by Gasteiger charge is 2.26. The molecule has 1 heterocycles. The van der Waals surface area contributed by atoms with Gasteiger partial charge < -0.3 is 5.11 Å². The summed E-state index contributed by atoms with van der Waals surface area (Å²) in [4.78, 5) is 0. The minimum atomic E-state index is -1.50. The van der Waals surface area contributed by atoms with Crippen LogP contribution in [0.25, 0.3) is 0 Å². The van der Waals surface area contributed by atoms with E-state index in [-0.39, 0.29) is 16.8 Å². The summed E-state index contributed by atoms with van der Waals surface area (Å²) < 4.78 is 28.8. The quantitative estimate of drug-likeness (QED) is 0.938. The van der Waals surface area contributed by atoms with Gasteiger partial charge in [-0.25, -0.2) is 8.78 Å². The van der Waals surface area contributed by atoms with E-state index < -0.39 is 23.3 Å². The van der Waals surface area contributed by atoms with Gasteiger partial charge in [0.25, 0.3) is 0 Å². The van der Waals surface area contributed by atoms with E-state index in [9.17, 15) is 13.9 Å². The first-order valence-electron chi connectivity index (χ1n) is 5.78. The molecule has 0 radical (unpaired) electrons. The van der Waals surface area contributed by atoms with E-state index >= 15 is 0 Å². The molecule has 1 aromatic heterocycles. The van der Waals surface area contributed by atoms with Gasteiger partial charge in [0.15, 0.2) is 0 Å². The van der Waals surface area contributed by atoms with Crippen LogP contribution in [0, 0.1) is 11.6 Å². The fraction of sp³-hybridized carbons (Fsp3) is 0.308. The molecule has 0 bridgehead atoms. The van der Waals surface area contributed by atoms with E-state index in [1.54, 1.807) is 0 Å². The van der Waals surface area contributed by atoms with Crippen molar-refractivity contribution in [3.8, 4) is 0 Å². The van der Waals surface area contributed by atoms with Crippen molar-refractivity contribution in [2.75, 3.05) is 0 Å². The van der Waals surface area contributed by atoms with Gasteiger partial charge in [-0.1, -0.05) is 17.7 Å². The van der Waals surface area contributed by atoms with Crippen molar-refractivity contribution in [2.24, 2.45) is 0 Å². The summed E-state index contributed by atoms with van der Waals surface area (Å²) >= 11 is 5.95. The molecule has 1 unspecified atom stereocenters. The molecule has 0 aliphatic carbocycles. The summed E-state index contributed by atoms with van der Waals surface area (Å²) in [6.45, 7) is 3.66. The van der Waals surface area contributed by atoms with Crippen LogP contribution in [-0.4, -0.2) is 14.9 Å². The normalized spacial score (nSPS) is 13.0. The molecule has 0 fully saturated rings. The van der Waals surface area contributed by atoms with Gasteiger partial charge in [-0.05, 0) is 26.0 Å². The minimum absolute atomic E-state index is 0.0908. The number of halogens is 3. The number of aromatic nitrogens is 2. The van der Waals surface area contributed by atoms with Crippen molar-refractivity contribution in [3.63, 3.8) is 0 Å². The van der Waals surface area contributed by atoms with Crippen molar-refractivity contribution in [2.45, 2.75) is 26.0 Å². The lowest BCUT2D eigenvalue weighted by Gasteiger charge is -2.17. The van der Waals surface area contributed by atoms with Gasteiger partial charge >= 0.3 is 0 Å². The van der Waals surface area contributed by atoms with Crippen molar-refractivity contribution < 1.29 is 13.9 Å². The van der Waals surface area contributed by atoms with Gasteiger partial charge in [0.1, 0.15) is 17.7 Å². The maximum Gasteiger partial charge on any atom is 0.132 e. The highest BCUT2D eigenvalue weighted by atomic mass is 35.5. The molecule has 0 saturated heterocycles. The average Bonchev–Trinajstić information content (AvgIpc) is 2.70. The van der Waals surface area contributed by atoms with E-state index in [0.29, 0.717) is 0 Å². The molecule has 102 valence electrons. The number of nitrogens with zero attached hydrogens (tertiary/aromatic N) is 2. The van der Waals surface area contributed by atoms with E-state index in [1.807, 2.05) is 13.8 Å². The second-order valence-electron chi connectivity index (χ2n) is 4.45. The third kappa shape index (κ3) is 2.48. The Bertz CT molecular complexity index is 578. The summed E-state index contributed by atoms with van der Waals surface area (Å²) in [5, 5.41) is 14.4. The standard InChI is InChI=1S/C13H13ClF2N2O/c1-7(2)18-12(8(14)6-17-18)13(19)11-9(15)4-3-5-10(11)16/h3-7,13,19H,1-2H3. The summed E-state index contributed by atoms with van der Waals surface area (Å²) in [5.41, 5.74) is -0.243. The maximum atomic E-state index is 13.7. The Kier molecular flexibility index (Phi) is 3.87. The molecule has 3 nitrogen and oxygen atoms in total. The fourth-order valence-electron chi connectivity index (χ4n) is 1.93. The molecule has 1 N–H and O–H groups in total. The zero-order valence-electron chi connectivity index (χ0n) is 10.4. The average molecular weight is 287 g/mol. The van der Waals surface area contributed by atoms with Crippen molar-refractivity contribution in [1.82, 2.24) is 9.78 Å². The summed E-state index contributed by atoms with van der Waals surface area (Å²) in [7, 11) is 0. The van der Waals surface area contributed by atoms with Gasteiger partial charge in [0.2, 0.25) is 0 Å². The number of rotatable bonds is 3. The molecule has 1 aromatic carbocycles. The lowest BCUT2D eigenvalue weighted by atomic mass is 10.0. The van der Waals surface area contributed by atoms with Crippen LogP contribution in [0.15, 0.2) is 24.4 Å². The van der Waals surface area contributed by atoms with Crippen LogP contribution < -0.4 is 0 Å². The maximum absolute atomic E-state index is 13.7. The second kappa shape index (κ2) is 5.27. The van der Waals surface area contributed by atoms with Crippen LogP contribution in [-0.2, 0) is 0 Å². The van der Waals surface area contributed by atoms with E-state index in [2.05, 4.69) is 5.10 Å². The fourth-order valence-corrected chi connectivity index (χ4v) is 2.16. The number of hydrogen-bond acceptors (Lipinski definition) is 2. The van der Waals surface area contributed by atoms with Gasteiger partial charge in [-0.15, -0.1) is 0 Å². The number of benzene rings is 1. The van der Waals surface area contributed by atoms with Crippen LogP contribution in [0.1, 0.15) is 37.3 Å². The first-order chi connectivity index (χ1) is 8.93. The van der Waals surface area contributed by atoms with Crippen molar-refractivity contribution >= 4 is 11.6 Å². The lowest BCUT2D eigenvalue weighted by Crippen LogP contribution is -2.14. The van der Waals surface area contributed by atoms with Crippen LogP contribution in [0.3, 0.4) is 0 Å². The van der Waals surface area contributed by atoms with Gasteiger partial charge in [0.05, 0.1) is 22.5 Å². The predicted molar refractivity (Wildman–Crippen MR) is 68.0 cm³/mol. The van der Waals surface area contributed by atoms with Crippen LogP contribution in [0.4, 0.5) is 8.78 Å². The van der Waals surface area contributed by atoms with Crippen molar-refractivity contribution in [1.29, 1.82) is 0 Å². The Hall–Kier alpha value is -1.46. The van der Waals surface area contributed by atoms with Crippen LogP contribution in [0.5, 0.6) is 0 Å². The van der Waals surface area contributed by atoms with Gasteiger partial charge in [-0.3, -0.25) is 4.68 Å². The van der Waals surface area contributed by atoms with Crippen LogP contribution >= 0.6 is 11.6 Å². The molecule has 0 spiro atoms. The lowest BCUT2D eigenvalue weighted by molar-refractivity contribution is 0.194. The third-order valence-corrected chi connectivity index (χ3v) is 3.10. The van der Waals surface area contributed by atoms with Crippen molar-refractivity contribution in [3.05, 3.63) is 52.3 Å². The van der Waals surface area contributed by atoms with E-state index in [1.165, 1.54) is 16.9 Å². The Balaban J connectivity index is 2.56. The minimum Gasteiger partial charge on any atom is -0.382 e. The Morgan fingerprint density at radius 2 is 1.84 bits per heavy atom. The summed E-state index contributed by atoms with van der Waals surface area (Å²) in [6, 6.07) is 3.33. The number of aliphatic hydroxyl groups is 1. The Labute approximate surface area is 114 Å². The molecule has 0 saturated carbocycles. The molecule has 2 aromatic rings. The number of aliphatic hydroxyl groups excluding tert-OH is 1. The second-order valence-corrected chi connectivity index (χ2v) is 4.86. The molecule has 19 heavy (non-hydrogen) atoms. The molecule has 0 amide bonds. The summed E-state index contributed by atoms with van der Waals surface area (Å²) in [6.07, 6.45) is -0.155. The van der Waals surface area contributed by atoms with E-state index in [0.717, 1.165) is 12.1 Å². The highest BCUT2D eigenvalue weighted by molar-refractivity contribution is 6.31. The zero-order valence-corrected chi connectivity index (χ0v) is 11.2. The highest BCUT2D eigenvalue weighted by Crippen LogP contribution is 2.32. The predicted octanol–water partition coefficient (Wildman–Crippen LogP) is 3.48. The smallest absolute Gasteiger partial charge is 0.132 e. The number of hydrogen-bond donors (Lipinski definition) is 1. The molecule has 0 aliphatic rings. The molecule has 1 atom stereocenters. The Morgan fingerprint density at radius 3 is 2.37 bits per heavy atom. The molecule has 6 heteroatoms. The summed E-state index contributed by atoms with van der Waals surface area (Å²) in [5.74, 6) is -1.64.